The normalized spacial score (nSPS) is 11.8. The molecule has 0 aliphatic rings. The number of ether oxygens (including phenoxy) is 2. The highest BCUT2D eigenvalue weighted by atomic mass is 16.6. The van der Waals surface area contributed by atoms with Crippen molar-refractivity contribution >= 4 is 22.8 Å². The number of hydrogen-bond donors (Lipinski definition) is 0. The summed E-state index contributed by atoms with van der Waals surface area (Å²) in [4.78, 5) is 28.8. The fourth-order valence-corrected chi connectivity index (χ4v) is 2.54. The van der Waals surface area contributed by atoms with Gasteiger partial charge in [0.05, 0.1) is 23.9 Å². The molecule has 0 saturated heterocycles. The van der Waals surface area contributed by atoms with Gasteiger partial charge in [-0.05, 0) is 19.1 Å². The van der Waals surface area contributed by atoms with Crippen molar-refractivity contribution in [3.05, 3.63) is 66.2 Å². The number of pyridine rings is 1. The minimum Gasteiger partial charge on any atom is -0.466 e. The van der Waals surface area contributed by atoms with Gasteiger partial charge >= 0.3 is 11.9 Å². The number of aromatic nitrogens is 1. The summed E-state index contributed by atoms with van der Waals surface area (Å²) in [5.74, 6) is -1.19. The highest BCUT2D eigenvalue weighted by Crippen LogP contribution is 2.25. The zero-order valence-electron chi connectivity index (χ0n) is 13.9. The number of nitrogens with zero attached hydrogens (tertiary/aromatic N) is 1. The number of carbonyl (C=O) groups excluding carboxylic acids is 2. The molecular formula is C20H17NO4. The Hall–Kier alpha value is -3.21. The van der Waals surface area contributed by atoms with Crippen LogP contribution in [0.2, 0.25) is 0 Å². The molecule has 5 heteroatoms. The van der Waals surface area contributed by atoms with E-state index in [2.05, 4.69) is 9.72 Å². The van der Waals surface area contributed by atoms with Crippen molar-refractivity contribution in [2.24, 2.45) is 0 Å². The molecule has 0 fully saturated rings. The van der Waals surface area contributed by atoms with E-state index in [0.29, 0.717) is 22.2 Å². The Morgan fingerprint density at radius 1 is 1.00 bits per heavy atom. The molecule has 126 valence electrons. The van der Waals surface area contributed by atoms with Gasteiger partial charge in [0.25, 0.3) is 0 Å². The van der Waals surface area contributed by atoms with Crippen LogP contribution in [0.3, 0.4) is 0 Å². The second kappa shape index (κ2) is 7.13. The van der Waals surface area contributed by atoms with Crippen molar-refractivity contribution in [1.29, 1.82) is 0 Å². The predicted molar refractivity (Wildman–Crippen MR) is 94.1 cm³/mol. The number of rotatable bonds is 4. The van der Waals surface area contributed by atoms with Crippen LogP contribution in [0.1, 0.15) is 17.3 Å². The van der Waals surface area contributed by atoms with Crippen molar-refractivity contribution in [2.45, 2.75) is 13.0 Å². The van der Waals surface area contributed by atoms with Crippen LogP contribution in [0.4, 0.5) is 0 Å². The second-order valence-corrected chi connectivity index (χ2v) is 5.51. The zero-order valence-corrected chi connectivity index (χ0v) is 13.9. The van der Waals surface area contributed by atoms with Gasteiger partial charge < -0.3 is 9.47 Å². The minimum atomic E-state index is -0.982. The Balaban J connectivity index is 2.07. The van der Waals surface area contributed by atoms with Crippen molar-refractivity contribution < 1.29 is 19.1 Å². The molecule has 0 saturated carbocycles. The van der Waals surface area contributed by atoms with E-state index in [9.17, 15) is 9.59 Å². The monoisotopic (exact) mass is 335 g/mol. The Bertz CT molecular complexity index is 921. The number of hydrogen-bond acceptors (Lipinski definition) is 5. The number of para-hydroxylation sites is 1. The Labute approximate surface area is 145 Å². The standard InChI is InChI=1S/C20H17NO4/c1-13(19(22)24-2)25-20(23)16-12-18(14-8-4-3-5-9-14)21-17-11-7-6-10-15(16)17/h3-13H,1-2H3. The third-order valence-electron chi connectivity index (χ3n) is 3.82. The fourth-order valence-electron chi connectivity index (χ4n) is 2.54. The first-order valence-electron chi connectivity index (χ1n) is 7.84. The summed E-state index contributed by atoms with van der Waals surface area (Å²) in [6.45, 7) is 1.48. The van der Waals surface area contributed by atoms with E-state index in [0.717, 1.165) is 5.56 Å². The van der Waals surface area contributed by atoms with Gasteiger partial charge in [0.15, 0.2) is 6.10 Å². The Morgan fingerprint density at radius 2 is 1.68 bits per heavy atom. The highest BCUT2D eigenvalue weighted by molar-refractivity contribution is 6.05. The minimum absolute atomic E-state index is 0.361. The van der Waals surface area contributed by atoms with E-state index in [4.69, 9.17) is 4.74 Å². The maximum absolute atomic E-state index is 12.6. The Kier molecular flexibility index (Phi) is 4.75. The molecule has 5 nitrogen and oxygen atoms in total. The van der Waals surface area contributed by atoms with Crippen LogP contribution in [0.5, 0.6) is 0 Å². The van der Waals surface area contributed by atoms with Crippen molar-refractivity contribution in [1.82, 2.24) is 4.98 Å². The van der Waals surface area contributed by atoms with E-state index in [1.165, 1.54) is 14.0 Å². The summed E-state index contributed by atoms with van der Waals surface area (Å²) in [6, 6.07) is 18.6. The van der Waals surface area contributed by atoms with E-state index in [1.54, 1.807) is 12.1 Å². The summed E-state index contributed by atoms with van der Waals surface area (Å²) < 4.78 is 9.85. The molecule has 3 aromatic rings. The van der Waals surface area contributed by atoms with E-state index < -0.39 is 18.0 Å². The van der Waals surface area contributed by atoms with E-state index in [1.807, 2.05) is 48.5 Å². The van der Waals surface area contributed by atoms with Crippen molar-refractivity contribution in [2.75, 3.05) is 7.11 Å². The SMILES string of the molecule is COC(=O)C(C)OC(=O)c1cc(-c2ccccc2)nc2ccccc12. The van der Waals surface area contributed by atoms with Gasteiger partial charge in [-0.25, -0.2) is 14.6 Å². The first-order chi connectivity index (χ1) is 12.1. The predicted octanol–water partition coefficient (Wildman–Crippen LogP) is 3.62. The van der Waals surface area contributed by atoms with Gasteiger partial charge in [-0.1, -0.05) is 48.5 Å². The molecule has 1 aromatic heterocycles. The molecule has 1 unspecified atom stereocenters. The maximum Gasteiger partial charge on any atom is 0.346 e. The largest absolute Gasteiger partial charge is 0.466 e. The number of esters is 2. The molecule has 1 atom stereocenters. The van der Waals surface area contributed by atoms with Crippen LogP contribution in [-0.4, -0.2) is 30.1 Å². The molecule has 0 bridgehead atoms. The summed E-state index contributed by atoms with van der Waals surface area (Å²) in [5, 5.41) is 0.671. The number of fused-ring (bicyclic) bond motifs is 1. The van der Waals surface area contributed by atoms with Crippen LogP contribution < -0.4 is 0 Å². The van der Waals surface area contributed by atoms with Crippen molar-refractivity contribution in [3.8, 4) is 11.3 Å². The molecule has 25 heavy (non-hydrogen) atoms. The average molecular weight is 335 g/mol. The quantitative estimate of drug-likeness (QED) is 0.681. The number of methoxy groups -OCH3 is 1. The second-order valence-electron chi connectivity index (χ2n) is 5.51. The van der Waals surface area contributed by atoms with Gasteiger partial charge in [-0.2, -0.15) is 0 Å². The molecule has 0 spiro atoms. The molecule has 3 rings (SSSR count). The smallest absolute Gasteiger partial charge is 0.346 e. The van der Waals surface area contributed by atoms with Gasteiger partial charge in [0.2, 0.25) is 0 Å². The van der Waals surface area contributed by atoms with Crippen LogP contribution in [-0.2, 0) is 14.3 Å². The summed E-state index contributed by atoms with van der Waals surface area (Å²) in [7, 11) is 1.25. The number of carbonyl (C=O) groups is 2. The van der Waals surface area contributed by atoms with Gasteiger partial charge in [-0.15, -0.1) is 0 Å². The highest BCUT2D eigenvalue weighted by Gasteiger charge is 2.21. The van der Waals surface area contributed by atoms with E-state index >= 15 is 0 Å². The molecule has 1 heterocycles. The lowest BCUT2D eigenvalue weighted by molar-refractivity contribution is -0.149. The first-order valence-corrected chi connectivity index (χ1v) is 7.84. The third kappa shape index (κ3) is 3.50. The van der Waals surface area contributed by atoms with Crippen LogP contribution in [0.25, 0.3) is 22.2 Å². The first kappa shape index (κ1) is 16.6. The van der Waals surface area contributed by atoms with Gasteiger partial charge in [-0.3, -0.25) is 0 Å². The van der Waals surface area contributed by atoms with Crippen LogP contribution >= 0.6 is 0 Å². The number of benzene rings is 2. The lowest BCUT2D eigenvalue weighted by atomic mass is 10.0. The fraction of sp³-hybridized carbons (Fsp3) is 0.150. The molecule has 2 aromatic carbocycles. The summed E-state index contributed by atoms with van der Waals surface area (Å²) in [5.41, 5.74) is 2.60. The van der Waals surface area contributed by atoms with Crippen LogP contribution in [0.15, 0.2) is 60.7 Å². The molecule has 0 radical (unpaired) electrons. The topological polar surface area (TPSA) is 65.5 Å². The lowest BCUT2D eigenvalue weighted by Gasteiger charge is -2.13. The average Bonchev–Trinajstić information content (AvgIpc) is 2.66. The van der Waals surface area contributed by atoms with Gasteiger partial charge in [0, 0.05) is 10.9 Å². The van der Waals surface area contributed by atoms with Crippen molar-refractivity contribution in [3.63, 3.8) is 0 Å². The van der Waals surface area contributed by atoms with Gasteiger partial charge in [0.1, 0.15) is 0 Å². The molecule has 0 amide bonds. The third-order valence-corrected chi connectivity index (χ3v) is 3.82. The van der Waals surface area contributed by atoms with Crippen LogP contribution in [0, 0.1) is 0 Å². The lowest BCUT2D eigenvalue weighted by Crippen LogP contribution is -2.25. The summed E-state index contributed by atoms with van der Waals surface area (Å²) >= 11 is 0. The molecule has 0 N–H and O–H groups in total. The maximum atomic E-state index is 12.6. The van der Waals surface area contributed by atoms with E-state index in [-0.39, 0.29) is 0 Å². The zero-order chi connectivity index (χ0) is 17.8. The Morgan fingerprint density at radius 3 is 2.40 bits per heavy atom. The molecular weight excluding hydrogens is 318 g/mol. The summed E-state index contributed by atoms with van der Waals surface area (Å²) in [6.07, 6.45) is -0.982. The molecule has 0 aliphatic heterocycles. The molecule has 0 aliphatic carbocycles.